The summed E-state index contributed by atoms with van der Waals surface area (Å²) in [6.45, 7) is 15.8. The third kappa shape index (κ3) is 13.1. The molecule has 2 atom stereocenters. The summed E-state index contributed by atoms with van der Waals surface area (Å²) >= 11 is 1.61. The molecule has 2 unspecified atom stereocenters. The molecule has 39 heavy (non-hydrogen) atoms. The molecule has 8 heteroatoms. The average molecular weight is 564 g/mol. The number of amides is 3. The number of hydrogen-bond donors (Lipinski definition) is 2. The van der Waals surface area contributed by atoms with Crippen LogP contribution in [0.5, 0.6) is 0 Å². The molecule has 0 aliphatic carbocycles. The number of carbonyl (C=O) groups is 3. The van der Waals surface area contributed by atoms with Crippen molar-refractivity contribution in [1.82, 2.24) is 15.5 Å². The van der Waals surface area contributed by atoms with Crippen LogP contribution in [0, 0.1) is 13.8 Å². The van der Waals surface area contributed by atoms with Gasteiger partial charge in [0.15, 0.2) is 0 Å². The monoisotopic (exact) mass is 563 g/mol. The normalized spacial score (nSPS) is 13.1. The highest BCUT2D eigenvalue weighted by Crippen LogP contribution is 2.28. The van der Waals surface area contributed by atoms with Crippen LogP contribution in [0.15, 0.2) is 18.2 Å². The maximum atomic E-state index is 14.3. The summed E-state index contributed by atoms with van der Waals surface area (Å²) in [7, 11) is 0. The van der Waals surface area contributed by atoms with Crippen molar-refractivity contribution >= 4 is 29.7 Å². The Bertz CT molecular complexity index is 914. The molecule has 0 saturated carbocycles. The molecule has 1 aromatic rings. The number of alkyl carbamates (subject to hydrolysis) is 1. The Labute approximate surface area is 241 Å². The van der Waals surface area contributed by atoms with E-state index in [1.165, 1.54) is 12.8 Å². The lowest BCUT2D eigenvalue weighted by Crippen LogP contribution is -2.54. The summed E-state index contributed by atoms with van der Waals surface area (Å²) in [6, 6.07) is 4.30. The molecule has 7 nitrogen and oxygen atoms in total. The second-order valence-electron chi connectivity index (χ2n) is 11.7. The van der Waals surface area contributed by atoms with E-state index in [0.717, 1.165) is 42.4 Å². The predicted molar refractivity (Wildman–Crippen MR) is 163 cm³/mol. The third-order valence-electron chi connectivity index (χ3n) is 6.35. The van der Waals surface area contributed by atoms with Crippen LogP contribution in [0.4, 0.5) is 4.79 Å². The Morgan fingerprint density at radius 3 is 2.21 bits per heavy atom. The fourth-order valence-corrected chi connectivity index (χ4v) is 4.99. The maximum Gasteiger partial charge on any atom is 0.408 e. The Balaban J connectivity index is 3.47. The number of thioether (sulfide) groups is 1. The Morgan fingerprint density at radius 1 is 1.00 bits per heavy atom. The smallest absolute Gasteiger partial charge is 0.408 e. The van der Waals surface area contributed by atoms with Crippen molar-refractivity contribution < 1.29 is 19.1 Å². The van der Waals surface area contributed by atoms with Gasteiger partial charge in [-0.05, 0) is 84.4 Å². The first kappa shape index (κ1) is 34.8. The molecular formula is C31H53N3O4S. The number of aryl methyl sites for hydroxylation is 2. The maximum absolute atomic E-state index is 14.3. The molecule has 0 aliphatic heterocycles. The number of rotatable bonds is 16. The van der Waals surface area contributed by atoms with Crippen molar-refractivity contribution in [3.63, 3.8) is 0 Å². The zero-order chi connectivity index (χ0) is 29.6. The highest BCUT2D eigenvalue weighted by atomic mass is 32.2. The number of benzene rings is 1. The quantitative estimate of drug-likeness (QED) is 0.218. The van der Waals surface area contributed by atoms with Crippen LogP contribution < -0.4 is 10.6 Å². The van der Waals surface area contributed by atoms with Crippen LogP contribution in [0.2, 0.25) is 0 Å². The minimum absolute atomic E-state index is 0.0797. The number of nitrogens with one attached hydrogen (secondary N) is 2. The lowest BCUT2D eigenvalue weighted by atomic mass is 9.95. The molecule has 2 N–H and O–H groups in total. The van der Waals surface area contributed by atoms with Gasteiger partial charge in [0.2, 0.25) is 11.8 Å². The van der Waals surface area contributed by atoms with Gasteiger partial charge < -0.3 is 20.3 Å². The number of unbranched alkanes of at least 4 members (excludes halogenated alkanes) is 5. The van der Waals surface area contributed by atoms with Crippen molar-refractivity contribution in [2.45, 2.75) is 124 Å². The SMILES string of the molecule is CCCCCCCCN(C(=O)C(CCSC)NC(=O)OC(C)(C)C)C(C(=O)NC(C)C)c1ccc(C)cc1C. The number of ether oxygens (including phenoxy) is 1. The number of hydrogen-bond acceptors (Lipinski definition) is 5. The van der Waals surface area contributed by atoms with E-state index in [2.05, 4.69) is 17.6 Å². The molecule has 0 bridgehead atoms. The van der Waals surface area contributed by atoms with Crippen LogP contribution in [0.25, 0.3) is 0 Å². The van der Waals surface area contributed by atoms with Gasteiger partial charge in [-0.1, -0.05) is 62.8 Å². The van der Waals surface area contributed by atoms with E-state index in [-0.39, 0.29) is 17.9 Å². The molecular weight excluding hydrogens is 510 g/mol. The average Bonchev–Trinajstić information content (AvgIpc) is 2.82. The van der Waals surface area contributed by atoms with Crippen molar-refractivity contribution in [3.8, 4) is 0 Å². The second-order valence-corrected chi connectivity index (χ2v) is 12.7. The van der Waals surface area contributed by atoms with Gasteiger partial charge >= 0.3 is 6.09 Å². The van der Waals surface area contributed by atoms with E-state index in [0.29, 0.717) is 18.7 Å². The van der Waals surface area contributed by atoms with E-state index >= 15 is 0 Å². The summed E-state index contributed by atoms with van der Waals surface area (Å²) < 4.78 is 5.48. The van der Waals surface area contributed by atoms with E-state index in [4.69, 9.17) is 4.74 Å². The minimum atomic E-state index is -0.799. The van der Waals surface area contributed by atoms with Gasteiger partial charge in [-0.3, -0.25) is 9.59 Å². The standard InChI is InChI=1S/C31H53N3O4S/c1-10-11-12-13-14-15-19-34(29(36)26(18-20-39-9)33-30(37)38-31(6,7)8)27(28(35)32-22(2)3)25-17-16-23(4)21-24(25)5/h16-17,21-22,26-27H,10-15,18-20H2,1-9H3,(H,32,35)(H,33,37). The topological polar surface area (TPSA) is 87.7 Å². The molecule has 222 valence electrons. The Hall–Kier alpha value is -2.22. The summed E-state index contributed by atoms with van der Waals surface area (Å²) in [5.74, 6) is 0.216. The molecule has 1 aromatic carbocycles. The van der Waals surface area contributed by atoms with Gasteiger partial charge in [-0.2, -0.15) is 11.8 Å². The van der Waals surface area contributed by atoms with Gasteiger partial charge in [0, 0.05) is 12.6 Å². The zero-order valence-corrected chi connectivity index (χ0v) is 26.6. The lowest BCUT2D eigenvalue weighted by Gasteiger charge is -2.35. The molecule has 3 amide bonds. The van der Waals surface area contributed by atoms with Crippen LogP contribution in [0.1, 0.15) is 109 Å². The van der Waals surface area contributed by atoms with Crippen LogP contribution in [-0.2, 0) is 14.3 Å². The van der Waals surface area contributed by atoms with Gasteiger partial charge in [-0.25, -0.2) is 4.79 Å². The summed E-state index contributed by atoms with van der Waals surface area (Å²) in [5.41, 5.74) is 2.17. The predicted octanol–water partition coefficient (Wildman–Crippen LogP) is 6.70. The van der Waals surface area contributed by atoms with Crippen molar-refractivity contribution in [2.75, 3.05) is 18.6 Å². The van der Waals surface area contributed by atoms with Crippen LogP contribution in [0.3, 0.4) is 0 Å². The third-order valence-corrected chi connectivity index (χ3v) is 6.99. The van der Waals surface area contributed by atoms with Gasteiger partial charge in [0.25, 0.3) is 0 Å². The molecule has 0 spiro atoms. The fraction of sp³-hybridized carbons (Fsp3) is 0.710. The highest BCUT2D eigenvalue weighted by molar-refractivity contribution is 7.98. The zero-order valence-electron chi connectivity index (χ0n) is 25.8. The van der Waals surface area contributed by atoms with E-state index in [1.807, 2.05) is 52.1 Å². The fourth-order valence-electron chi connectivity index (χ4n) is 4.52. The molecule has 0 aromatic heterocycles. The summed E-state index contributed by atoms with van der Waals surface area (Å²) in [5, 5.41) is 5.86. The first-order valence-corrected chi connectivity index (χ1v) is 15.9. The van der Waals surface area contributed by atoms with E-state index in [1.54, 1.807) is 37.4 Å². The van der Waals surface area contributed by atoms with Crippen LogP contribution >= 0.6 is 11.8 Å². The van der Waals surface area contributed by atoms with Crippen molar-refractivity contribution in [1.29, 1.82) is 0 Å². The number of carbonyl (C=O) groups excluding carboxylic acids is 3. The molecule has 0 saturated heterocycles. The highest BCUT2D eigenvalue weighted by Gasteiger charge is 2.36. The Kier molecular flexibility index (Phi) is 15.6. The molecule has 0 heterocycles. The molecule has 0 aliphatic rings. The molecule has 0 radical (unpaired) electrons. The van der Waals surface area contributed by atoms with E-state index < -0.39 is 23.8 Å². The van der Waals surface area contributed by atoms with Gasteiger partial charge in [0.05, 0.1) is 0 Å². The van der Waals surface area contributed by atoms with Gasteiger partial charge in [-0.15, -0.1) is 0 Å². The minimum Gasteiger partial charge on any atom is -0.444 e. The largest absolute Gasteiger partial charge is 0.444 e. The molecule has 0 fully saturated rings. The van der Waals surface area contributed by atoms with Crippen molar-refractivity contribution in [2.24, 2.45) is 0 Å². The van der Waals surface area contributed by atoms with Crippen LogP contribution in [-0.4, -0.2) is 59.0 Å². The van der Waals surface area contributed by atoms with E-state index in [9.17, 15) is 14.4 Å². The first-order valence-electron chi connectivity index (χ1n) is 14.5. The number of nitrogens with zero attached hydrogens (tertiary/aromatic N) is 1. The molecule has 1 rings (SSSR count). The summed E-state index contributed by atoms with van der Waals surface area (Å²) in [4.78, 5) is 42.4. The Morgan fingerprint density at radius 2 is 1.64 bits per heavy atom. The first-order chi connectivity index (χ1) is 18.3. The second kappa shape index (κ2) is 17.5. The lowest BCUT2D eigenvalue weighted by molar-refractivity contribution is -0.142. The summed E-state index contributed by atoms with van der Waals surface area (Å²) in [6.07, 6.45) is 8.16. The van der Waals surface area contributed by atoms with Gasteiger partial charge in [0.1, 0.15) is 17.7 Å². The van der Waals surface area contributed by atoms with Crippen molar-refractivity contribution in [3.05, 3.63) is 34.9 Å².